The minimum Gasteiger partial charge on any atom is -0.304 e. The number of nitrogens with one attached hydrogen (secondary N) is 1. The molecular formula is C13H13BrFN3O. The molecule has 1 N–H and O–H groups in total. The van der Waals surface area contributed by atoms with Gasteiger partial charge >= 0.3 is 0 Å². The Kier molecular flexibility index (Phi) is 5.57. The number of halogens is 2. The highest BCUT2D eigenvalue weighted by molar-refractivity contribution is 9.10. The minimum atomic E-state index is -0.616. The van der Waals surface area contributed by atoms with Crippen molar-refractivity contribution < 1.29 is 9.18 Å². The number of aliphatic imine (C=N–C) groups is 1. The predicted octanol–water partition coefficient (Wildman–Crippen LogP) is 3.47. The van der Waals surface area contributed by atoms with Gasteiger partial charge in [0, 0.05) is 22.6 Å². The largest absolute Gasteiger partial charge is 0.304 e. The van der Waals surface area contributed by atoms with Crippen LogP contribution in [-0.4, -0.2) is 17.1 Å². The van der Waals surface area contributed by atoms with Gasteiger partial charge in [-0.1, -0.05) is 12.7 Å². The number of amides is 1. The summed E-state index contributed by atoms with van der Waals surface area (Å²) in [5, 5.41) is 2.38. The molecule has 0 atom stereocenters. The molecule has 0 aliphatic carbocycles. The van der Waals surface area contributed by atoms with Crippen molar-refractivity contribution in [3.8, 4) is 0 Å². The molecule has 1 aromatic heterocycles. The topological polar surface area (TPSA) is 54.4 Å². The SMILES string of the molecule is C=C(C)N=C/C(=C\C)C(=O)Nc1ncc(Br)cc1F. The molecule has 6 heteroatoms. The molecule has 1 amide bonds. The Morgan fingerprint density at radius 1 is 1.63 bits per heavy atom. The number of nitrogens with zero attached hydrogens (tertiary/aromatic N) is 2. The van der Waals surface area contributed by atoms with Gasteiger partial charge in [-0.05, 0) is 35.8 Å². The average Bonchev–Trinajstić information content (AvgIpc) is 2.33. The Morgan fingerprint density at radius 3 is 2.84 bits per heavy atom. The monoisotopic (exact) mass is 325 g/mol. The molecule has 100 valence electrons. The van der Waals surface area contributed by atoms with E-state index in [0.29, 0.717) is 15.7 Å². The number of carbonyl (C=O) groups is 1. The predicted molar refractivity (Wildman–Crippen MR) is 77.6 cm³/mol. The summed E-state index contributed by atoms with van der Waals surface area (Å²) < 4.78 is 14.0. The first-order valence-corrected chi connectivity index (χ1v) is 6.21. The highest BCUT2D eigenvalue weighted by Gasteiger charge is 2.11. The molecule has 4 nitrogen and oxygen atoms in total. The first-order chi connectivity index (χ1) is 8.93. The van der Waals surface area contributed by atoms with E-state index >= 15 is 0 Å². The number of allylic oxidation sites excluding steroid dienone is 2. The molecule has 0 bridgehead atoms. The lowest BCUT2D eigenvalue weighted by Gasteiger charge is -2.05. The Balaban J connectivity index is 2.86. The second-order valence-corrected chi connectivity index (χ2v) is 4.59. The van der Waals surface area contributed by atoms with E-state index in [1.807, 2.05) is 0 Å². The van der Waals surface area contributed by atoms with Gasteiger partial charge < -0.3 is 5.32 Å². The van der Waals surface area contributed by atoms with Crippen LogP contribution in [0.3, 0.4) is 0 Å². The summed E-state index contributed by atoms with van der Waals surface area (Å²) in [4.78, 5) is 19.6. The molecule has 0 unspecified atom stereocenters. The van der Waals surface area contributed by atoms with Crippen molar-refractivity contribution in [3.05, 3.63) is 46.5 Å². The van der Waals surface area contributed by atoms with Crippen LogP contribution in [0.25, 0.3) is 0 Å². The van der Waals surface area contributed by atoms with Crippen LogP contribution in [0.2, 0.25) is 0 Å². The number of aromatic nitrogens is 1. The molecule has 0 saturated carbocycles. The van der Waals surface area contributed by atoms with Crippen molar-refractivity contribution >= 4 is 33.9 Å². The number of anilines is 1. The third kappa shape index (κ3) is 4.75. The van der Waals surface area contributed by atoms with Crippen LogP contribution in [0.15, 0.2) is 45.7 Å². The summed E-state index contributed by atoms with van der Waals surface area (Å²) >= 11 is 3.09. The standard InChI is InChI=1S/C13H13BrFN3O/c1-4-9(6-16-8(2)3)13(19)18-12-11(15)5-10(14)7-17-12/h4-7H,2H2,1,3H3,(H,17,18,19)/b9-4+,16-6?. The number of hydrogen-bond acceptors (Lipinski definition) is 3. The third-order valence-corrected chi connectivity index (χ3v) is 2.47. The van der Waals surface area contributed by atoms with E-state index < -0.39 is 11.7 Å². The summed E-state index contributed by atoms with van der Waals surface area (Å²) in [6.45, 7) is 6.99. The van der Waals surface area contributed by atoms with Gasteiger partial charge in [-0.15, -0.1) is 0 Å². The first kappa shape index (κ1) is 15.2. The zero-order chi connectivity index (χ0) is 14.4. The fourth-order valence-electron chi connectivity index (χ4n) is 1.13. The maximum atomic E-state index is 13.5. The molecule has 0 fully saturated rings. The maximum Gasteiger partial charge on any atom is 0.258 e. The van der Waals surface area contributed by atoms with E-state index in [1.165, 1.54) is 18.5 Å². The second kappa shape index (κ2) is 6.94. The highest BCUT2D eigenvalue weighted by Crippen LogP contribution is 2.16. The quantitative estimate of drug-likeness (QED) is 0.680. The van der Waals surface area contributed by atoms with Gasteiger partial charge in [0.25, 0.3) is 5.91 Å². The molecule has 1 aromatic rings. The molecule has 0 aliphatic rings. The van der Waals surface area contributed by atoms with Crippen LogP contribution in [0.1, 0.15) is 13.8 Å². The normalized spacial score (nSPS) is 11.7. The van der Waals surface area contributed by atoms with Crippen molar-refractivity contribution in [2.45, 2.75) is 13.8 Å². The summed E-state index contributed by atoms with van der Waals surface area (Å²) in [5.41, 5.74) is 0.868. The van der Waals surface area contributed by atoms with Gasteiger partial charge in [0.1, 0.15) is 0 Å². The molecule has 0 aromatic carbocycles. The average molecular weight is 326 g/mol. The lowest BCUT2D eigenvalue weighted by Crippen LogP contribution is -2.17. The van der Waals surface area contributed by atoms with E-state index in [1.54, 1.807) is 19.9 Å². The van der Waals surface area contributed by atoms with Gasteiger partial charge in [-0.25, -0.2) is 9.37 Å². The van der Waals surface area contributed by atoms with Crippen LogP contribution in [-0.2, 0) is 4.79 Å². The van der Waals surface area contributed by atoms with Gasteiger partial charge in [-0.2, -0.15) is 0 Å². The van der Waals surface area contributed by atoms with Crippen LogP contribution in [0.5, 0.6) is 0 Å². The molecule has 0 radical (unpaired) electrons. The molecule has 0 saturated heterocycles. The van der Waals surface area contributed by atoms with Crippen LogP contribution >= 0.6 is 15.9 Å². The molecule has 1 heterocycles. The van der Waals surface area contributed by atoms with Crippen LogP contribution < -0.4 is 5.32 Å². The number of carbonyl (C=O) groups excluding carboxylic acids is 1. The molecule has 0 aliphatic heterocycles. The van der Waals surface area contributed by atoms with E-state index in [9.17, 15) is 9.18 Å². The third-order valence-electron chi connectivity index (χ3n) is 2.04. The zero-order valence-electron chi connectivity index (χ0n) is 10.6. The Morgan fingerprint density at radius 2 is 2.32 bits per heavy atom. The summed E-state index contributed by atoms with van der Waals surface area (Å²) in [6.07, 6.45) is 4.34. The fourth-order valence-corrected chi connectivity index (χ4v) is 1.43. The van der Waals surface area contributed by atoms with Crippen molar-refractivity contribution in [1.29, 1.82) is 0 Å². The first-order valence-electron chi connectivity index (χ1n) is 5.42. The fraction of sp³-hybridized carbons (Fsp3) is 0.154. The molecule has 1 rings (SSSR count). The maximum absolute atomic E-state index is 13.5. The summed E-state index contributed by atoms with van der Waals surface area (Å²) in [5.74, 6) is -1.23. The van der Waals surface area contributed by atoms with E-state index in [2.05, 4.69) is 37.8 Å². The minimum absolute atomic E-state index is 0.128. The van der Waals surface area contributed by atoms with E-state index in [0.717, 1.165) is 0 Å². The smallest absolute Gasteiger partial charge is 0.258 e. The number of pyridine rings is 1. The van der Waals surface area contributed by atoms with Crippen molar-refractivity contribution in [2.75, 3.05) is 5.32 Å². The lowest BCUT2D eigenvalue weighted by atomic mass is 10.2. The number of rotatable bonds is 4. The van der Waals surface area contributed by atoms with Crippen LogP contribution in [0, 0.1) is 5.82 Å². The van der Waals surface area contributed by atoms with Gasteiger partial charge in [0.2, 0.25) is 0 Å². The zero-order valence-corrected chi connectivity index (χ0v) is 12.2. The Hall–Kier alpha value is -1.82. The van der Waals surface area contributed by atoms with Gasteiger partial charge in [0.15, 0.2) is 11.6 Å². The Bertz CT molecular complexity index is 567. The summed E-state index contributed by atoms with van der Waals surface area (Å²) in [6, 6.07) is 1.22. The highest BCUT2D eigenvalue weighted by atomic mass is 79.9. The molecule has 19 heavy (non-hydrogen) atoms. The van der Waals surface area contributed by atoms with Gasteiger partial charge in [0.05, 0.1) is 5.57 Å². The van der Waals surface area contributed by atoms with Crippen molar-refractivity contribution in [1.82, 2.24) is 4.98 Å². The molecular weight excluding hydrogens is 313 g/mol. The van der Waals surface area contributed by atoms with Crippen molar-refractivity contribution in [2.24, 2.45) is 4.99 Å². The second-order valence-electron chi connectivity index (χ2n) is 3.68. The Labute approximate surface area is 119 Å². The lowest BCUT2D eigenvalue weighted by molar-refractivity contribution is -0.112. The van der Waals surface area contributed by atoms with Crippen molar-refractivity contribution in [3.63, 3.8) is 0 Å². The molecule has 0 spiro atoms. The van der Waals surface area contributed by atoms with Crippen LogP contribution in [0.4, 0.5) is 10.2 Å². The van der Waals surface area contributed by atoms with E-state index in [4.69, 9.17) is 0 Å². The van der Waals surface area contributed by atoms with E-state index in [-0.39, 0.29) is 5.82 Å². The van der Waals surface area contributed by atoms with Gasteiger partial charge in [-0.3, -0.25) is 9.79 Å². The number of hydrogen-bond donors (Lipinski definition) is 1. The summed E-state index contributed by atoms with van der Waals surface area (Å²) in [7, 11) is 0.